The van der Waals surface area contributed by atoms with Crippen molar-refractivity contribution >= 4 is 6.08 Å². The molecule has 2 aromatic rings. The number of rotatable bonds is 10. The summed E-state index contributed by atoms with van der Waals surface area (Å²) >= 11 is 0. The summed E-state index contributed by atoms with van der Waals surface area (Å²) in [6.07, 6.45) is 3.95. The van der Waals surface area contributed by atoms with Crippen molar-refractivity contribution in [1.82, 2.24) is 0 Å². The summed E-state index contributed by atoms with van der Waals surface area (Å²) in [5.74, 6) is 1.43. The lowest BCUT2D eigenvalue weighted by molar-refractivity contribution is 0.0971. The molecule has 0 aliphatic rings. The molecule has 0 fully saturated rings. The lowest BCUT2D eigenvalue weighted by Gasteiger charge is -2.16. The van der Waals surface area contributed by atoms with E-state index in [0.29, 0.717) is 12.5 Å². The van der Waals surface area contributed by atoms with Crippen LogP contribution in [0.3, 0.4) is 0 Å². The third kappa shape index (κ3) is 6.29. The molecule has 0 aliphatic heterocycles. The molecule has 2 aromatic carbocycles. The van der Waals surface area contributed by atoms with Crippen molar-refractivity contribution in [3.8, 4) is 5.75 Å². The van der Waals surface area contributed by atoms with Gasteiger partial charge in [-0.05, 0) is 42.0 Å². The van der Waals surface area contributed by atoms with E-state index in [1.165, 1.54) is 5.56 Å². The minimum atomic E-state index is 0.518. The summed E-state index contributed by atoms with van der Waals surface area (Å²) < 4.78 is 11.7. The number of benzene rings is 2. The molecule has 0 bridgehead atoms. The van der Waals surface area contributed by atoms with Crippen molar-refractivity contribution < 1.29 is 9.47 Å². The second-order valence-corrected chi connectivity index (χ2v) is 5.69. The van der Waals surface area contributed by atoms with Crippen LogP contribution in [0.25, 0.3) is 6.08 Å². The van der Waals surface area contributed by atoms with E-state index in [9.17, 15) is 0 Å². The van der Waals surface area contributed by atoms with Gasteiger partial charge >= 0.3 is 0 Å². The van der Waals surface area contributed by atoms with Crippen molar-refractivity contribution in [3.05, 3.63) is 72.3 Å². The lowest BCUT2D eigenvalue weighted by Crippen LogP contribution is -2.14. The zero-order valence-corrected chi connectivity index (χ0v) is 13.9. The zero-order valence-electron chi connectivity index (χ0n) is 13.9. The fourth-order valence-electron chi connectivity index (χ4n) is 2.33. The second-order valence-electron chi connectivity index (χ2n) is 5.69. The Hall–Kier alpha value is -2.06. The van der Waals surface area contributed by atoms with Crippen LogP contribution in [0.15, 0.2) is 61.2 Å². The van der Waals surface area contributed by atoms with E-state index >= 15 is 0 Å². The van der Waals surface area contributed by atoms with Crippen LogP contribution in [0.1, 0.15) is 30.9 Å². The Morgan fingerprint density at radius 2 is 1.78 bits per heavy atom. The summed E-state index contributed by atoms with van der Waals surface area (Å²) in [4.78, 5) is 0. The van der Waals surface area contributed by atoms with E-state index in [1.54, 1.807) is 0 Å². The molecule has 2 heteroatoms. The van der Waals surface area contributed by atoms with Crippen LogP contribution < -0.4 is 4.74 Å². The summed E-state index contributed by atoms with van der Waals surface area (Å²) in [5, 5.41) is 0. The Balaban J connectivity index is 1.67. The maximum atomic E-state index is 5.88. The second kappa shape index (κ2) is 9.86. The molecule has 1 unspecified atom stereocenters. The Morgan fingerprint density at radius 3 is 2.43 bits per heavy atom. The van der Waals surface area contributed by atoms with E-state index in [2.05, 4.69) is 25.6 Å². The predicted octanol–water partition coefficient (Wildman–Crippen LogP) is 5.34. The van der Waals surface area contributed by atoms with Crippen LogP contribution in [0, 0.1) is 5.92 Å². The van der Waals surface area contributed by atoms with Gasteiger partial charge in [0, 0.05) is 6.61 Å². The molecular weight excluding hydrogens is 284 g/mol. The smallest absolute Gasteiger partial charge is 0.119 e. The third-order valence-electron chi connectivity index (χ3n) is 3.96. The molecule has 122 valence electrons. The molecule has 0 heterocycles. The van der Waals surface area contributed by atoms with Gasteiger partial charge in [-0.3, -0.25) is 0 Å². The molecule has 0 saturated carbocycles. The summed E-state index contributed by atoms with van der Waals surface area (Å²) in [6, 6.07) is 18.3. The normalized spacial score (nSPS) is 11.9. The zero-order chi connectivity index (χ0) is 16.3. The van der Waals surface area contributed by atoms with Gasteiger partial charge in [-0.1, -0.05) is 62.0 Å². The average molecular weight is 310 g/mol. The van der Waals surface area contributed by atoms with E-state index in [0.717, 1.165) is 37.4 Å². The monoisotopic (exact) mass is 310 g/mol. The first-order chi connectivity index (χ1) is 11.3. The molecule has 0 amide bonds. The minimum Gasteiger partial charge on any atom is -0.493 e. The first-order valence-corrected chi connectivity index (χ1v) is 8.28. The van der Waals surface area contributed by atoms with Crippen LogP contribution in [-0.4, -0.2) is 13.2 Å². The molecule has 0 aromatic heterocycles. The lowest BCUT2D eigenvalue weighted by atomic mass is 10.0. The largest absolute Gasteiger partial charge is 0.493 e. The van der Waals surface area contributed by atoms with Gasteiger partial charge in [0.2, 0.25) is 0 Å². The van der Waals surface area contributed by atoms with Crippen LogP contribution in [-0.2, 0) is 11.3 Å². The predicted molar refractivity (Wildman–Crippen MR) is 96.5 cm³/mol. The fourth-order valence-corrected chi connectivity index (χ4v) is 2.33. The van der Waals surface area contributed by atoms with Crippen LogP contribution in [0.5, 0.6) is 5.75 Å². The van der Waals surface area contributed by atoms with Crippen molar-refractivity contribution in [1.29, 1.82) is 0 Å². The van der Waals surface area contributed by atoms with E-state index in [-0.39, 0.29) is 0 Å². The van der Waals surface area contributed by atoms with Gasteiger partial charge in [0.15, 0.2) is 0 Å². The van der Waals surface area contributed by atoms with Gasteiger partial charge in [-0.25, -0.2) is 0 Å². The Labute approximate surface area is 139 Å². The molecule has 2 rings (SSSR count). The Kier molecular flexibility index (Phi) is 7.41. The molecule has 1 atom stereocenters. The van der Waals surface area contributed by atoms with Crippen molar-refractivity contribution in [2.75, 3.05) is 13.2 Å². The van der Waals surface area contributed by atoms with Crippen molar-refractivity contribution in [3.63, 3.8) is 0 Å². The Morgan fingerprint density at radius 1 is 1.04 bits per heavy atom. The molecular formula is C21H26O2. The number of hydrogen-bond donors (Lipinski definition) is 0. The molecule has 0 aliphatic carbocycles. The maximum absolute atomic E-state index is 5.88. The van der Waals surface area contributed by atoms with Crippen LogP contribution >= 0.6 is 0 Å². The highest BCUT2D eigenvalue weighted by Gasteiger charge is 2.07. The van der Waals surface area contributed by atoms with Gasteiger partial charge in [0.05, 0.1) is 13.2 Å². The van der Waals surface area contributed by atoms with Gasteiger partial charge < -0.3 is 9.47 Å². The highest BCUT2D eigenvalue weighted by Crippen LogP contribution is 2.16. The van der Waals surface area contributed by atoms with E-state index in [1.807, 2.05) is 48.5 Å². The van der Waals surface area contributed by atoms with E-state index in [4.69, 9.17) is 9.47 Å². The number of ether oxygens (including phenoxy) is 2. The summed E-state index contributed by atoms with van der Waals surface area (Å²) in [5.41, 5.74) is 2.33. The van der Waals surface area contributed by atoms with Crippen LogP contribution in [0.4, 0.5) is 0 Å². The van der Waals surface area contributed by atoms with Gasteiger partial charge in [-0.2, -0.15) is 0 Å². The van der Waals surface area contributed by atoms with E-state index < -0.39 is 0 Å². The third-order valence-corrected chi connectivity index (χ3v) is 3.96. The first-order valence-electron chi connectivity index (χ1n) is 8.28. The Bertz CT molecular complexity index is 560. The van der Waals surface area contributed by atoms with Crippen molar-refractivity contribution in [2.24, 2.45) is 5.92 Å². The van der Waals surface area contributed by atoms with Gasteiger partial charge in [-0.15, -0.1) is 0 Å². The highest BCUT2D eigenvalue weighted by atomic mass is 16.5. The minimum absolute atomic E-state index is 0.518. The quantitative estimate of drug-likeness (QED) is 0.551. The fraction of sp³-hybridized carbons (Fsp3) is 0.333. The highest BCUT2D eigenvalue weighted by molar-refractivity contribution is 5.48. The topological polar surface area (TPSA) is 18.5 Å². The molecule has 0 saturated heterocycles. The molecule has 0 radical (unpaired) electrons. The standard InChI is InChI=1S/C21H26O2/c1-3-18-10-12-21(13-11-18)23-17-19(4-2)14-15-22-16-20-8-6-5-7-9-20/h3,5-13,19H,1,4,14-17H2,2H3. The average Bonchev–Trinajstić information content (AvgIpc) is 2.62. The maximum Gasteiger partial charge on any atom is 0.119 e. The molecule has 2 nitrogen and oxygen atoms in total. The summed E-state index contributed by atoms with van der Waals surface area (Å²) in [7, 11) is 0. The molecule has 23 heavy (non-hydrogen) atoms. The molecule has 0 spiro atoms. The van der Waals surface area contributed by atoms with Gasteiger partial charge in [0.25, 0.3) is 0 Å². The molecule has 0 N–H and O–H groups in total. The van der Waals surface area contributed by atoms with Crippen molar-refractivity contribution in [2.45, 2.75) is 26.4 Å². The first kappa shape index (κ1) is 17.3. The number of hydrogen-bond acceptors (Lipinski definition) is 2. The van der Waals surface area contributed by atoms with Crippen LogP contribution in [0.2, 0.25) is 0 Å². The summed E-state index contributed by atoms with van der Waals surface area (Å²) in [6.45, 7) is 8.14. The van der Waals surface area contributed by atoms with Gasteiger partial charge in [0.1, 0.15) is 5.75 Å². The SMILES string of the molecule is C=Cc1ccc(OCC(CC)CCOCc2ccccc2)cc1.